The molecule has 0 aliphatic carbocycles. The van der Waals surface area contributed by atoms with Crippen molar-refractivity contribution < 1.29 is 4.74 Å². The van der Waals surface area contributed by atoms with Crippen LogP contribution in [0.2, 0.25) is 0 Å². The van der Waals surface area contributed by atoms with Gasteiger partial charge < -0.3 is 10.1 Å². The highest BCUT2D eigenvalue weighted by Gasteiger charge is 2.27. The van der Waals surface area contributed by atoms with Crippen molar-refractivity contribution in [3.8, 4) is 0 Å². The summed E-state index contributed by atoms with van der Waals surface area (Å²) in [7, 11) is 0. The Morgan fingerprint density at radius 1 is 1.67 bits per heavy atom. The molecule has 84 valence electrons. The van der Waals surface area contributed by atoms with Crippen LogP contribution in [0.1, 0.15) is 24.3 Å². The summed E-state index contributed by atoms with van der Waals surface area (Å²) in [5, 5.41) is 3.56. The lowest BCUT2D eigenvalue weighted by Crippen LogP contribution is -2.27. The van der Waals surface area contributed by atoms with Crippen LogP contribution in [0.25, 0.3) is 0 Å². The van der Waals surface area contributed by atoms with E-state index in [9.17, 15) is 0 Å². The Hall–Kier alpha value is 0.1000. The average Bonchev–Trinajstić information content (AvgIpc) is 2.85. The molecule has 1 fully saturated rings. The minimum Gasteiger partial charge on any atom is -0.381 e. The number of hydrogen-bond donors (Lipinski definition) is 1. The van der Waals surface area contributed by atoms with Crippen molar-refractivity contribution in [2.45, 2.75) is 19.4 Å². The van der Waals surface area contributed by atoms with Gasteiger partial charge in [0.1, 0.15) is 0 Å². The topological polar surface area (TPSA) is 21.3 Å². The molecule has 0 spiro atoms. The Morgan fingerprint density at radius 3 is 3.07 bits per heavy atom. The predicted octanol–water partition coefficient (Wildman–Crippen LogP) is 3.20. The van der Waals surface area contributed by atoms with Gasteiger partial charge in [-0.2, -0.15) is 0 Å². The van der Waals surface area contributed by atoms with Crippen molar-refractivity contribution in [1.29, 1.82) is 0 Å². The summed E-state index contributed by atoms with van der Waals surface area (Å²) in [6, 6.07) is 4.80. The molecule has 0 aromatic carbocycles. The second-order valence-corrected chi connectivity index (χ2v) is 6.30. The number of rotatable bonds is 4. The fourth-order valence-corrected chi connectivity index (χ4v) is 3.62. The zero-order valence-electron chi connectivity index (χ0n) is 8.83. The van der Waals surface area contributed by atoms with E-state index in [-0.39, 0.29) is 0 Å². The van der Waals surface area contributed by atoms with Crippen LogP contribution >= 0.6 is 27.3 Å². The van der Waals surface area contributed by atoms with Crippen LogP contribution in [0.3, 0.4) is 0 Å². The molecule has 1 aromatic rings. The van der Waals surface area contributed by atoms with Crippen LogP contribution in [0.4, 0.5) is 0 Å². The summed E-state index contributed by atoms with van der Waals surface area (Å²) in [5.41, 5.74) is 0. The van der Waals surface area contributed by atoms with Gasteiger partial charge in [0.05, 0.1) is 10.4 Å². The highest BCUT2D eigenvalue weighted by atomic mass is 79.9. The molecule has 15 heavy (non-hydrogen) atoms. The smallest absolute Gasteiger partial charge is 0.0701 e. The fraction of sp³-hybridized carbons (Fsp3) is 0.636. The Morgan fingerprint density at radius 2 is 2.53 bits per heavy atom. The number of nitrogens with one attached hydrogen (secondary N) is 1. The molecule has 0 saturated carbocycles. The lowest BCUT2D eigenvalue weighted by atomic mass is 9.98. The van der Waals surface area contributed by atoms with E-state index in [1.54, 1.807) is 0 Å². The highest BCUT2D eigenvalue weighted by Crippen LogP contribution is 2.34. The van der Waals surface area contributed by atoms with Gasteiger partial charge in [-0.05, 0) is 41.0 Å². The third-order valence-electron chi connectivity index (χ3n) is 2.76. The summed E-state index contributed by atoms with van der Waals surface area (Å²) in [4.78, 5) is 1.42. The Bertz CT molecular complexity index is 309. The molecule has 1 N–H and O–H groups in total. The van der Waals surface area contributed by atoms with Crippen LogP contribution in [0.5, 0.6) is 0 Å². The fourth-order valence-electron chi connectivity index (χ4n) is 2.03. The van der Waals surface area contributed by atoms with E-state index < -0.39 is 0 Å². The van der Waals surface area contributed by atoms with Gasteiger partial charge >= 0.3 is 0 Å². The number of ether oxygens (including phenoxy) is 1. The summed E-state index contributed by atoms with van der Waals surface area (Å²) in [5.74, 6) is 0.635. The van der Waals surface area contributed by atoms with E-state index in [4.69, 9.17) is 4.74 Å². The van der Waals surface area contributed by atoms with E-state index >= 15 is 0 Å². The maximum Gasteiger partial charge on any atom is 0.0701 e. The number of thiophene rings is 1. The molecule has 1 aromatic heterocycles. The molecule has 2 rings (SSSR count). The van der Waals surface area contributed by atoms with Crippen LogP contribution in [-0.2, 0) is 4.74 Å². The summed E-state index contributed by atoms with van der Waals surface area (Å²) in [6.45, 7) is 4.98. The van der Waals surface area contributed by atoms with Crippen molar-refractivity contribution >= 4 is 27.3 Å². The third-order valence-corrected chi connectivity index (χ3v) is 4.47. The summed E-state index contributed by atoms with van der Waals surface area (Å²) >= 11 is 5.34. The molecule has 0 radical (unpaired) electrons. The molecule has 1 aliphatic rings. The van der Waals surface area contributed by atoms with Crippen molar-refractivity contribution in [3.05, 3.63) is 20.8 Å². The normalized spacial score (nSPS) is 23.2. The van der Waals surface area contributed by atoms with E-state index in [0.29, 0.717) is 12.0 Å². The number of hydrogen-bond acceptors (Lipinski definition) is 3. The van der Waals surface area contributed by atoms with Gasteiger partial charge in [0, 0.05) is 23.4 Å². The SMILES string of the molecule is CCNC(c1ccc(Br)s1)C1CCOC1. The lowest BCUT2D eigenvalue weighted by Gasteiger charge is -2.21. The van der Waals surface area contributed by atoms with Gasteiger partial charge in [-0.25, -0.2) is 0 Å². The second kappa shape index (κ2) is 5.43. The Labute approximate surface area is 103 Å². The van der Waals surface area contributed by atoms with Gasteiger partial charge in [-0.15, -0.1) is 11.3 Å². The van der Waals surface area contributed by atoms with Crippen molar-refractivity contribution in [2.24, 2.45) is 5.92 Å². The predicted molar refractivity (Wildman–Crippen MR) is 67.4 cm³/mol. The maximum atomic E-state index is 5.47. The van der Waals surface area contributed by atoms with Crippen LogP contribution < -0.4 is 5.32 Å². The zero-order chi connectivity index (χ0) is 10.7. The molecular weight excluding hydrogens is 274 g/mol. The van der Waals surface area contributed by atoms with E-state index in [2.05, 4.69) is 40.3 Å². The first-order valence-electron chi connectivity index (χ1n) is 5.37. The molecule has 4 heteroatoms. The van der Waals surface area contributed by atoms with Crippen LogP contribution in [-0.4, -0.2) is 19.8 Å². The molecule has 2 heterocycles. The van der Waals surface area contributed by atoms with Gasteiger partial charge in [0.15, 0.2) is 0 Å². The minimum absolute atomic E-state index is 0.466. The molecule has 0 amide bonds. The Balaban J connectivity index is 2.11. The minimum atomic E-state index is 0.466. The molecule has 2 atom stereocenters. The first-order chi connectivity index (χ1) is 7.31. The van der Waals surface area contributed by atoms with Gasteiger partial charge in [-0.1, -0.05) is 6.92 Å². The maximum absolute atomic E-state index is 5.47. The van der Waals surface area contributed by atoms with E-state index in [0.717, 1.165) is 19.8 Å². The van der Waals surface area contributed by atoms with Gasteiger partial charge in [0.2, 0.25) is 0 Å². The van der Waals surface area contributed by atoms with Crippen molar-refractivity contribution in [1.82, 2.24) is 5.32 Å². The Kier molecular flexibility index (Phi) is 4.20. The van der Waals surface area contributed by atoms with E-state index in [1.165, 1.54) is 15.1 Å². The summed E-state index contributed by atoms with van der Waals surface area (Å²) in [6.07, 6.45) is 1.17. The first kappa shape index (κ1) is 11.6. The monoisotopic (exact) mass is 289 g/mol. The molecule has 0 bridgehead atoms. The highest BCUT2D eigenvalue weighted by molar-refractivity contribution is 9.11. The zero-order valence-corrected chi connectivity index (χ0v) is 11.2. The van der Waals surface area contributed by atoms with Crippen LogP contribution in [0.15, 0.2) is 15.9 Å². The lowest BCUT2D eigenvalue weighted by molar-refractivity contribution is 0.177. The largest absolute Gasteiger partial charge is 0.381 e. The second-order valence-electron chi connectivity index (χ2n) is 3.80. The quantitative estimate of drug-likeness (QED) is 0.919. The number of halogens is 1. The molecule has 2 nitrogen and oxygen atoms in total. The van der Waals surface area contributed by atoms with Crippen molar-refractivity contribution in [2.75, 3.05) is 19.8 Å². The molecule has 1 aliphatic heterocycles. The molecule has 1 saturated heterocycles. The van der Waals surface area contributed by atoms with Gasteiger partial charge in [0.25, 0.3) is 0 Å². The van der Waals surface area contributed by atoms with Gasteiger partial charge in [-0.3, -0.25) is 0 Å². The molecule has 2 unspecified atom stereocenters. The third kappa shape index (κ3) is 2.81. The van der Waals surface area contributed by atoms with E-state index in [1.807, 2.05) is 11.3 Å². The standard InChI is InChI=1S/C11H16BrNOS/c1-2-13-11(8-5-6-14-7-8)9-3-4-10(12)15-9/h3-4,8,11,13H,2,5-7H2,1H3. The van der Waals surface area contributed by atoms with Crippen LogP contribution in [0, 0.1) is 5.92 Å². The van der Waals surface area contributed by atoms with Crippen molar-refractivity contribution in [3.63, 3.8) is 0 Å². The average molecular weight is 290 g/mol. The molecular formula is C11H16BrNOS. The summed E-state index contributed by atoms with van der Waals surface area (Å²) < 4.78 is 6.67. The first-order valence-corrected chi connectivity index (χ1v) is 6.98.